The van der Waals surface area contributed by atoms with E-state index in [2.05, 4.69) is 6.92 Å². The molecular weight excluding hydrogens is 168 g/mol. The van der Waals surface area contributed by atoms with E-state index in [0.29, 0.717) is 0 Å². The zero-order chi connectivity index (χ0) is 9.23. The first kappa shape index (κ1) is 12.0. The number of aliphatic hydroxyl groups excluding tert-OH is 1. The molecule has 0 aromatic rings. The van der Waals surface area contributed by atoms with Crippen LogP contribution in [0.4, 0.5) is 0 Å². The normalized spacial score (nSPS) is 13.9. The molecule has 0 aliphatic rings. The van der Waals surface area contributed by atoms with Crippen LogP contribution in [0.25, 0.3) is 0 Å². The van der Waals surface area contributed by atoms with Crippen molar-refractivity contribution in [2.75, 3.05) is 11.5 Å². The largest absolute Gasteiger partial charge is 0.389 e. The van der Waals surface area contributed by atoms with Gasteiger partial charge in [-0.05, 0) is 37.7 Å². The van der Waals surface area contributed by atoms with Crippen LogP contribution in [0.5, 0.6) is 0 Å². The van der Waals surface area contributed by atoms with E-state index >= 15 is 0 Å². The molecule has 0 aromatic heterocycles. The summed E-state index contributed by atoms with van der Waals surface area (Å²) in [5, 5.41) is 9.31. The van der Waals surface area contributed by atoms with Gasteiger partial charge in [-0.2, -0.15) is 11.8 Å². The molecular formula is C10H20OS. The first-order chi connectivity index (χ1) is 5.81. The maximum atomic E-state index is 9.31. The van der Waals surface area contributed by atoms with Gasteiger partial charge in [0.2, 0.25) is 0 Å². The lowest BCUT2D eigenvalue weighted by atomic mass is 10.2. The van der Waals surface area contributed by atoms with E-state index in [1.54, 1.807) is 0 Å². The van der Waals surface area contributed by atoms with Crippen LogP contribution in [0.1, 0.15) is 33.1 Å². The number of thioether (sulfide) groups is 1. The van der Waals surface area contributed by atoms with Crippen molar-refractivity contribution in [1.82, 2.24) is 0 Å². The molecule has 1 atom stereocenters. The van der Waals surface area contributed by atoms with Crippen LogP contribution in [0.15, 0.2) is 12.2 Å². The highest BCUT2D eigenvalue weighted by Gasteiger charge is 1.97. The molecule has 2 heteroatoms. The molecule has 0 aliphatic carbocycles. The lowest BCUT2D eigenvalue weighted by Gasteiger charge is -2.04. The first-order valence-electron chi connectivity index (χ1n) is 4.69. The predicted octanol–water partition coefficient (Wildman–Crippen LogP) is 2.85. The van der Waals surface area contributed by atoms with Gasteiger partial charge in [-0.25, -0.2) is 0 Å². The Bertz CT molecular complexity index is 112. The number of aliphatic hydroxyl groups is 1. The van der Waals surface area contributed by atoms with Crippen molar-refractivity contribution in [1.29, 1.82) is 0 Å². The molecule has 0 heterocycles. The third-order valence-corrected chi connectivity index (χ3v) is 2.83. The summed E-state index contributed by atoms with van der Waals surface area (Å²) in [6.07, 6.45) is 6.81. The third kappa shape index (κ3) is 8.15. The maximum Gasteiger partial charge on any atom is 0.0721 e. The molecule has 0 rings (SSSR count). The SMILES string of the molecule is CC=C[C@@H](O)CCCSCCC. The van der Waals surface area contributed by atoms with E-state index in [1.165, 1.54) is 17.9 Å². The predicted molar refractivity (Wildman–Crippen MR) is 57.7 cm³/mol. The fraction of sp³-hybridized carbons (Fsp3) is 0.800. The highest BCUT2D eigenvalue weighted by Crippen LogP contribution is 2.07. The Morgan fingerprint density at radius 3 is 2.75 bits per heavy atom. The number of allylic oxidation sites excluding steroid dienone is 1. The molecule has 0 spiro atoms. The fourth-order valence-corrected chi connectivity index (χ4v) is 1.82. The Kier molecular flexibility index (Phi) is 9.18. The van der Waals surface area contributed by atoms with Crippen LogP contribution in [-0.4, -0.2) is 22.7 Å². The summed E-state index contributed by atoms with van der Waals surface area (Å²) < 4.78 is 0. The average Bonchev–Trinajstić information content (AvgIpc) is 2.05. The smallest absolute Gasteiger partial charge is 0.0721 e. The molecule has 12 heavy (non-hydrogen) atoms. The summed E-state index contributed by atoms with van der Waals surface area (Å²) in [5.74, 6) is 2.43. The molecule has 72 valence electrons. The van der Waals surface area contributed by atoms with Crippen LogP contribution in [0.2, 0.25) is 0 Å². The Labute approximate surface area is 80.3 Å². The van der Waals surface area contributed by atoms with Crippen LogP contribution >= 0.6 is 11.8 Å². The van der Waals surface area contributed by atoms with Crippen LogP contribution in [-0.2, 0) is 0 Å². The molecule has 0 unspecified atom stereocenters. The summed E-state index contributed by atoms with van der Waals surface area (Å²) in [5.41, 5.74) is 0. The average molecular weight is 188 g/mol. The highest BCUT2D eigenvalue weighted by molar-refractivity contribution is 7.99. The van der Waals surface area contributed by atoms with Gasteiger partial charge in [-0.15, -0.1) is 0 Å². The minimum atomic E-state index is -0.225. The van der Waals surface area contributed by atoms with Crippen LogP contribution in [0, 0.1) is 0 Å². The molecule has 0 fully saturated rings. The quantitative estimate of drug-likeness (QED) is 0.490. The molecule has 1 nitrogen and oxygen atoms in total. The molecule has 0 amide bonds. The van der Waals surface area contributed by atoms with Gasteiger partial charge in [0.25, 0.3) is 0 Å². The van der Waals surface area contributed by atoms with Crippen molar-refractivity contribution < 1.29 is 5.11 Å². The number of hydrogen-bond acceptors (Lipinski definition) is 2. The summed E-state index contributed by atoms with van der Waals surface area (Å²) in [6, 6.07) is 0. The Morgan fingerprint density at radius 1 is 1.42 bits per heavy atom. The van der Waals surface area contributed by atoms with Gasteiger partial charge in [-0.1, -0.05) is 19.1 Å². The van der Waals surface area contributed by atoms with Gasteiger partial charge in [0.15, 0.2) is 0 Å². The number of rotatable bonds is 7. The zero-order valence-corrected chi connectivity index (χ0v) is 8.94. The lowest BCUT2D eigenvalue weighted by Crippen LogP contribution is -2.01. The van der Waals surface area contributed by atoms with Crippen LogP contribution in [0.3, 0.4) is 0 Å². The second-order valence-electron chi connectivity index (χ2n) is 2.85. The van der Waals surface area contributed by atoms with Gasteiger partial charge in [0.05, 0.1) is 6.10 Å². The molecule has 0 saturated heterocycles. The van der Waals surface area contributed by atoms with Gasteiger partial charge in [0.1, 0.15) is 0 Å². The Morgan fingerprint density at radius 2 is 2.17 bits per heavy atom. The van der Waals surface area contributed by atoms with E-state index in [1.807, 2.05) is 30.8 Å². The molecule has 0 aromatic carbocycles. The lowest BCUT2D eigenvalue weighted by molar-refractivity contribution is 0.212. The minimum Gasteiger partial charge on any atom is -0.389 e. The summed E-state index contributed by atoms with van der Waals surface area (Å²) in [4.78, 5) is 0. The summed E-state index contributed by atoms with van der Waals surface area (Å²) in [7, 11) is 0. The molecule has 1 N–H and O–H groups in total. The third-order valence-electron chi connectivity index (χ3n) is 1.55. The van der Waals surface area contributed by atoms with Crippen molar-refractivity contribution in [3.63, 3.8) is 0 Å². The fourth-order valence-electron chi connectivity index (χ4n) is 0.959. The van der Waals surface area contributed by atoms with Crippen LogP contribution < -0.4 is 0 Å². The molecule has 0 saturated carbocycles. The Balaban J connectivity index is 3.08. The Hall–Kier alpha value is 0.0500. The molecule has 0 radical (unpaired) electrons. The van der Waals surface area contributed by atoms with E-state index in [9.17, 15) is 5.11 Å². The van der Waals surface area contributed by atoms with Crippen molar-refractivity contribution in [3.8, 4) is 0 Å². The summed E-state index contributed by atoms with van der Waals surface area (Å²) >= 11 is 1.98. The van der Waals surface area contributed by atoms with Crippen molar-refractivity contribution in [2.24, 2.45) is 0 Å². The first-order valence-corrected chi connectivity index (χ1v) is 5.85. The van der Waals surface area contributed by atoms with Gasteiger partial charge in [-0.3, -0.25) is 0 Å². The van der Waals surface area contributed by atoms with Crippen molar-refractivity contribution >= 4 is 11.8 Å². The highest BCUT2D eigenvalue weighted by atomic mass is 32.2. The van der Waals surface area contributed by atoms with E-state index in [4.69, 9.17) is 0 Å². The van der Waals surface area contributed by atoms with Gasteiger partial charge < -0.3 is 5.11 Å². The second kappa shape index (κ2) is 9.14. The van der Waals surface area contributed by atoms with Crippen molar-refractivity contribution in [3.05, 3.63) is 12.2 Å². The zero-order valence-electron chi connectivity index (χ0n) is 8.12. The maximum absolute atomic E-state index is 9.31. The van der Waals surface area contributed by atoms with E-state index < -0.39 is 0 Å². The van der Waals surface area contributed by atoms with Crippen molar-refractivity contribution in [2.45, 2.75) is 39.2 Å². The van der Waals surface area contributed by atoms with Gasteiger partial charge in [0, 0.05) is 0 Å². The standard InChI is InChI=1S/C10H20OS/c1-3-6-10(11)7-5-9-12-8-4-2/h3,6,10-11H,4-5,7-9H2,1-2H3/t10-/m1/s1. The number of hydrogen-bond donors (Lipinski definition) is 1. The van der Waals surface area contributed by atoms with E-state index in [-0.39, 0.29) is 6.10 Å². The summed E-state index contributed by atoms with van der Waals surface area (Å²) in [6.45, 7) is 4.14. The monoisotopic (exact) mass is 188 g/mol. The second-order valence-corrected chi connectivity index (χ2v) is 4.07. The minimum absolute atomic E-state index is 0.225. The molecule has 0 aliphatic heterocycles. The van der Waals surface area contributed by atoms with E-state index in [0.717, 1.165) is 12.8 Å². The topological polar surface area (TPSA) is 20.2 Å². The van der Waals surface area contributed by atoms with Gasteiger partial charge >= 0.3 is 0 Å². The molecule has 0 bridgehead atoms.